The second-order valence-corrected chi connectivity index (χ2v) is 39.5. The van der Waals surface area contributed by atoms with Gasteiger partial charge in [-0.3, -0.25) is 28.8 Å². The minimum absolute atomic E-state index is 0.00885. The number of ether oxygens (including phenoxy) is 8. The number of carbonyl (C=O) groups excluding carboxylic acids is 9. The van der Waals surface area contributed by atoms with Crippen LogP contribution >= 0.6 is 50.8 Å². The number of nitrogens with two attached hydrogens (primary N) is 2. The number of carboxylic acid groups (broad SMARTS) is 1. The SMILES string of the molecule is CC(=O)c1sc(C2CCN(C(=O)OC(C)(C)C)CC2)nc1-c1ccc(Oc2ccccc2)cc1.CC(=O)c1sc(C2CCNCC2)nc1-c1ccc(Oc2ccccc2)cc1.CC(C)(C)OC(=O)N1CCC(C(=O)O)CC1.CC(C)(C)OC(=O)N1CCC(C(N)=O)CC1.CC(C)(C)OC(=O)N1CCC(C(N)=S)CC1.CCOC(=O)C(Br)C(=O)c1ccc(Oc2ccccc2)cc1. The lowest BCUT2D eigenvalue weighted by molar-refractivity contribution is -0.143. The number of likely N-dealkylation sites (tertiary alicyclic amines) is 4. The molecule has 28 nitrogen and oxygen atoms in total. The summed E-state index contributed by atoms with van der Waals surface area (Å²) in [6.07, 6.45) is 6.55. The Bertz CT molecular complexity index is 4920. The molecule has 1 unspecified atom stereocenters. The Hall–Kier alpha value is -11.2. The number of thiocarbonyl (C=S) groups is 1. The highest BCUT2D eigenvalue weighted by Crippen LogP contribution is 2.40. The Morgan fingerprint density at radius 1 is 0.435 bits per heavy atom. The number of hydrogen-bond acceptors (Lipinski definition) is 24. The highest BCUT2D eigenvalue weighted by molar-refractivity contribution is 9.10. The van der Waals surface area contributed by atoms with Gasteiger partial charge in [0.15, 0.2) is 22.2 Å². The molecule has 706 valence electrons. The number of hydrogen-bond donors (Lipinski definition) is 4. The van der Waals surface area contributed by atoms with Gasteiger partial charge in [-0.2, -0.15) is 0 Å². The van der Waals surface area contributed by atoms with Crippen LogP contribution < -0.4 is 31.0 Å². The lowest BCUT2D eigenvalue weighted by Crippen LogP contribution is -2.43. The maximum absolute atomic E-state index is 12.4. The number of nitrogens with one attached hydrogen (secondary N) is 1. The second kappa shape index (κ2) is 49.9. The molecule has 32 heteroatoms. The van der Waals surface area contributed by atoms with Crippen molar-refractivity contribution in [3.05, 3.63) is 189 Å². The monoisotopic (exact) mass is 1920 g/mol. The number of piperidine rings is 5. The fraction of sp³-hybridized carbons (Fsp3) is 0.465. The normalized spacial score (nSPS) is 15.5. The third-order valence-electron chi connectivity index (χ3n) is 20.8. The first-order valence-electron chi connectivity index (χ1n) is 44.2. The molecule has 5 amide bonds. The third kappa shape index (κ3) is 35.5. The van der Waals surface area contributed by atoms with E-state index in [0.29, 0.717) is 117 Å². The number of para-hydroxylation sites is 3. The van der Waals surface area contributed by atoms with Gasteiger partial charge in [-0.1, -0.05) is 82.7 Å². The molecule has 0 bridgehead atoms. The van der Waals surface area contributed by atoms with Crippen molar-refractivity contribution >= 4 is 115 Å². The van der Waals surface area contributed by atoms with Crippen molar-refractivity contribution in [3.8, 4) is 57.0 Å². The number of amides is 5. The predicted molar refractivity (Wildman–Crippen MR) is 515 cm³/mol. The molecule has 13 rings (SSSR count). The van der Waals surface area contributed by atoms with Crippen molar-refractivity contribution < 1.29 is 90.9 Å². The number of benzene rings is 6. The van der Waals surface area contributed by atoms with Crippen molar-refractivity contribution in [2.24, 2.45) is 29.2 Å². The number of aliphatic carboxylic acids is 1. The summed E-state index contributed by atoms with van der Waals surface area (Å²) in [6.45, 7) is 33.9. The number of ketones is 3. The zero-order valence-corrected chi connectivity index (χ0v) is 81.7. The molecule has 6 N–H and O–H groups in total. The minimum Gasteiger partial charge on any atom is -0.481 e. The van der Waals surface area contributed by atoms with E-state index >= 15 is 0 Å². The lowest BCUT2D eigenvalue weighted by atomic mass is 9.97. The van der Waals surface area contributed by atoms with Crippen LogP contribution in [0, 0.1) is 17.8 Å². The van der Waals surface area contributed by atoms with Gasteiger partial charge in [0.05, 0.1) is 48.7 Å². The molecule has 5 fully saturated rings. The number of alkyl halides is 1. The Labute approximate surface area is 790 Å². The van der Waals surface area contributed by atoms with Crippen molar-refractivity contribution in [1.29, 1.82) is 0 Å². The maximum Gasteiger partial charge on any atom is 0.410 e. The number of nitrogens with zero attached hydrogens (tertiary/aromatic N) is 6. The molecule has 2 aromatic heterocycles. The van der Waals surface area contributed by atoms with Gasteiger partial charge in [-0.25, -0.2) is 29.1 Å². The molecule has 0 aliphatic carbocycles. The highest BCUT2D eigenvalue weighted by Gasteiger charge is 2.35. The van der Waals surface area contributed by atoms with Crippen LogP contribution in [0.2, 0.25) is 0 Å². The van der Waals surface area contributed by atoms with Gasteiger partial charge >= 0.3 is 36.3 Å². The van der Waals surface area contributed by atoms with Gasteiger partial charge in [0.2, 0.25) is 5.91 Å². The predicted octanol–water partition coefficient (Wildman–Crippen LogP) is 20.9. The zero-order valence-electron chi connectivity index (χ0n) is 77.6. The van der Waals surface area contributed by atoms with E-state index in [4.69, 9.17) is 76.7 Å². The zero-order chi connectivity index (χ0) is 95.9. The van der Waals surface area contributed by atoms with Crippen molar-refractivity contribution in [1.82, 2.24) is 34.9 Å². The van der Waals surface area contributed by atoms with Crippen molar-refractivity contribution in [2.45, 2.75) is 207 Å². The molecular formula is C99H126BrN9O19S3. The first-order valence-corrected chi connectivity index (χ1v) is 47.2. The van der Waals surface area contributed by atoms with E-state index < -0.39 is 39.2 Å². The summed E-state index contributed by atoms with van der Waals surface area (Å²) in [5.74, 6) is 3.02. The lowest BCUT2D eigenvalue weighted by Gasteiger charge is -2.33. The van der Waals surface area contributed by atoms with Crippen LogP contribution in [-0.2, 0) is 38.1 Å². The minimum atomic E-state index is -0.992. The number of carbonyl (C=O) groups is 10. The van der Waals surface area contributed by atoms with E-state index in [2.05, 4.69) is 21.2 Å². The van der Waals surface area contributed by atoms with Crippen molar-refractivity contribution in [2.75, 3.05) is 72.1 Å². The van der Waals surface area contributed by atoms with Crippen LogP contribution in [0.5, 0.6) is 34.5 Å². The molecule has 131 heavy (non-hydrogen) atoms. The summed E-state index contributed by atoms with van der Waals surface area (Å²) in [5, 5.41) is 14.2. The molecule has 0 radical (unpaired) electrons. The summed E-state index contributed by atoms with van der Waals surface area (Å²) in [7, 11) is 0. The highest BCUT2D eigenvalue weighted by atomic mass is 79.9. The summed E-state index contributed by atoms with van der Waals surface area (Å²) in [4.78, 5) is 135. The Morgan fingerprint density at radius 2 is 0.725 bits per heavy atom. The largest absolute Gasteiger partial charge is 0.481 e. The van der Waals surface area contributed by atoms with Gasteiger partial charge < -0.3 is 79.4 Å². The van der Waals surface area contributed by atoms with Crippen LogP contribution in [0.3, 0.4) is 0 Å². The fourth-order valence-corrected chi connectivity index (χ4v) is 16.9. The maximum atomic E-state index is 12.4. The van der Waals surface area contributed by atoms with Gasteiger partial charge in [0, 0.05) is 107 Å². The van der Waals surface area contributed by atoms with E-state index in [-0.39, 0.29) is 77.9 Å². The molecule has 1 atom stereocenters. The van der Waals surface area contributed by atoms with Gasteiger partial charge in [0.1, 0.15) is 56.9 Å². The Balaban J connectivity index is 0.000000199. The molecule has 8 aromatic rings. The van der Waals surface area contributed by atoms with Crippen LogP contribution in [0.15, 0.2) is 164 Å². The van der Waals surface area contributed by atoms with Gasteiger partial charge in [-0.15, -0.1) is 22.7 Å². The van der Waals surface area contributed by atoms with E-state index in [1.165, 1.54) is 11.3 Å². The molecule has 0 saturated carbocycles. The fourth-order valence-electron chi connectivity index (χ4n) is 14.0. The summed E-state index contributed by atoms with van der Waals surface area (Å²) >= 11 is 11.0. The van der Waals surface area contributed by atoms with E-state index in [0.717, 1.165) is 106 Å². The van der Waals surface area contributed by atoms with Crippen LogP contribution in [0.1, 0.15) is 220 Å². The van der Waals surface area contributed by atoms with Crippen LogP contribution in [0.25, 0.3) is 22.5 Å². The number of thiazole rings is 2. The summed E-state index contributed by atoms with van der Waals surface area (Å²) in [5.41, 5.74) is 12.7. The molecule has 5 aliphatic heterocycles. The average molecular weight is 1920 g/mol. The number of primary amides is 1. The topological polar surface area (TPSA) is 368 Å². The summed E-state index contributed by atoms with van der Waals surface area (Å²) < 4.78 is 43.4. The Morgan fingerprint density at radius 3 is 1.02 bits per heavy atom. The second-order valence-electron chi connectivity index (χ2n) is 36.0. The number of Topliss-reactive ketones (excluding diaryl/α,β-unsaturated/α-hetero) is 3. The van der Waals surface area contributed by atoms with Gasteiger partial charge in [0.25, 0.3) is 0 Å². The molecular weight excluding hydrogens is 1800 g/mol. The molecule has 5 saturated heterocycles. The molecule has 0 spiro atoms. The average Bonchev–Trinajstić information content (AvgIpc) is 1.65. The number of carboxylic acids is 1. The van der Waals surface area contributed by atoms with E-state index in [1.54, 1.807) is 76.0 Å². The van der Waals surface area contributed by atoms with E-state index in [9.17, 15) is 47.9 Å². The van der Waals surface area contributed by atoms with Gasteiger partial charge in [-0.05, 0) is 277 Å². The molecule has 7 heterocycles. The standard InChI is InChI=1S/C27H30N2O4S.C22H22N2O2S.C17H15BrO4.C11H20N2O3.C11H20N2O2S.C11H19NO4/c1-18(30)24-23(19-10-12-22(13-11-19)32-21-8-6-5-7-9-21)28-25(34-24)20-14-16-29(17-15-20)26(31)33-27(2,3)4;1-15(25)21-20(24-22(27-21)17-11-13-23-14-12-17)16-7-9-19(10-8-16)26-18-5-3-2-4-6-18;1-2-21-17(20)15(18)16(19)12-8-10-14(11-9-12)22-13-6-4-3-5-7-13;1-11(2,3)16-10(15)13-6-4-8(5-7-13)9(12)14;1-11(2,3)15-10(14)13-6-4-8(5-7-13)9(12)16;1-11(2,3)16-10(15)12-6-4-8(5-7-12)9(13)14/h5-13,20H,14-17H2,1-4H3;2-10,17,23H,11-14H2,1H3;3-11,15H,2H2,1H3;8H,4-7H2,1-3H3,(H2,12,14);8H,4-7H2,1-3H3,(H2,12,16);8H,4-7H2,1-3H3,(H,13,14). The van der Waals surface area contributed by atoms with Crippen LogP contribution in [-0.4, -0.2) is 199 Å². The quantitative estimate of drug-likeness (QED) is 0.0146. The third-order valence-corrected chi connectivity index (χ3v) is 24.5. The molecule has 5 aliphatic rings. The first-order chi connectivity index (χ1) is 61.9. The smallest absolute Gasteiger partial charge is 0.410 e. The summed E-state index contributed by atoms with van der Waals surface area (Å²) in [6, 6.07) is 50.7. The number of halogens is 1. The Kier molecular flexibility index (Phi) is 40.1. The number of esters is 1. The number of rotatable bonds is 19. The van der Waals surface area contributed by atoms with E-state index in [1.807, 2.05) is 223 Å². The first kappa shape index (κ1) is 105. The van der Waals surface area contributed by atoms with Crippen molar-refractivity contribution in [3.63, 3.8) is 0 Å². The van der Waals surface area contributed by atoms with Crippen LogP contribution in [0.4, 0.5) is 19.2 Å². The number of aromatic nitrogens is 2. The molecule has 6 aromatic carbocycles.